The summed E-state index contributed by atoms with van der Waals surface area (Å²) in [5, 5.41) is 16.5. The van der Waals surface area contributed by atoms with Gasteiger partial charge in [-0.1, -0.05) is 0 Å². The van der Waals surface area contributed by atoms with E-state index in [2.05, 4.69) is 20.6 Å². The molecule has 3 N–H and O–H groups in total. The number of hydrogen-bond donors (Lipinski definition) is 3. The van der Waals surface area contributed by atoms with Crippen molar-refractivity contribution in [1.29, 1.82) is 0 Å². The van der Waals surface area contributed by atoms with Crippen molar-refractivity contribution in [3.8, 4) is 0 Å². The monoisotopic (exact) mass is 318 g/mol. The number of aromatic nitrogens is 2. The molecule has 1 fully saturated rings. The summed E-state index contributed by atoms with van der Waals surface area (Å²) in [5.74, 6) is 2.52. The summed E-state index contributed by atoms with van der Waals surface area (Å²) < 4.78 is 10.9. The fraction of sp³-hybridized carbons (Fsp3) is 0.500. The number of anilines is 2. The molecule has 2 aromatic heterocycles. The fourth-order valence-electron chi connectivity index (χ4n) is 2.51. The van der Waals surface area contributed by atoms with Crippen molar-refractivity contribution in [1.82, 2.24) is 9.97 Å². The van der Waals surface area contributed by atoms with Crippen LogP contribution in [0.25, 0.3) is 0 Å². The lowest BCUT2D eigenvalue weighted by Gasteiger charge is -2.23. The molecule has 3 heterocycles. The van der Waals surface area contributed by atoms with E-state index in [4.69, 9.17) is 9.15 Å². The maximum atomic E-state index is 10.1. The number of nitrogens with zero attached hydrogens (tertiary/aromatic N) is 2. The second kappa shape index (κ2) is 7.43. The van der Waals surface area contributed by atoms with E-state index in [0.717, 1.165) is 31.0 Å². The number of aliphatic hydroxyl groups is 1. The average Bonchev–Trinajstić information content (AvgIpc) is 3.01. The SMILES string of the molecule is Cc1ccc([C@H](O)CNc2nccc(N[C@@H]3CCCOC3)n2)o1. The third-order valence-electron chi connectivity index (χ3n) is 3.71. The highest BCUT2D eigenvalue weighted by Gasteiger charge is 2.15. The Bertz CT molecular complexity index is 625. The van der Waals surface area contributed by atoms with Gasteiger partial charge < -0.3 is 24.9 Å². The minimum absolute atomic E-state index is 0.281. The lowest BCUT2D eigenvalue weighted by atomic mass is 10.1. The standard InChI is InChI=1S/C16H22N4O3/c1-11-4-5-14(23-11)13(21)9-18-16-17-7-6-15(20-16)19-12-3-2-8-22-10-12/h4-7,12-13,21H,2-3,8-10H2,1H3,(H2,17,18,19,20)/t12-,13-/m1/s1. The number of nitrogens with one attached hydrogen (secondary N) is 2. The van der Waals surface area contributed by atoms with E-state index in [0.29, 0.717) is 18.3 Å². The van der Waals surface area contributed by atoms with Crippen LogP contribution in [0.5, 0.6) is 0 Å². The summed E-state index contributed by atoms with van der Waals surface area (Å²) in [6, 6.07) is 5.70. The van der Waals surface area contributed by atoms with E-state index in [-0.39, 0.29) is 12.6 Å². The molecule has 1 aliphatic rings. The van der Waals surface area contributed by atoms with Crippen LogP contribution in [-0.4, -0.2) is 40.9 Å². The molecule has 7 nitrogen and oxygen atoms in total. The molecule has 0 spiro atoms. The molecule has 1 saturated heterocycles. The van der Waals surface area contributed by atoms with Gasteiger partial charge in [0.25, 0.3) is 0 Å². The molecule has 0 unspecified atom stereocenters. The third kappa shape index (κ3) is 4.43. The van der Waals surface area contributed by atoms with Crippen molar-refractivity contribution in [2.24, 2.45) is 0 Å². The van der Waals surface area contributed by atoms with Gasteiger partial charge in [-0.15, -0.1) is 0 Å². The number of aliphatic hydroxyl groups excluding tert-OH is 1. The molecule has 1 aliphatic heterocycles. The van der Waals surface area contributed by atoms with Gasteiger partial charge in [-0.3, -0.25) is 0 Å². The van der Waals surface area contributed by atoms with E-state index >= 15 is 0 Å². The molecule has 0 aromatic carbocycles. The van der Waals surface area contributed by atoms with Gasteiger partial charge in [0, 0.05) is 12.8 Å². The van der Waals surface area contributed by atoms with Crippen LogP contribution in [0.15, 0.2) is 28.8 Å². The molecule has 3 rings (SSSR count). The van der Waals surface area contributed by atoms with Gasteiger partial charge in [-0.2, -0.15) is 4.98 Å². The summed E-state index contributed by atoms with van der Waals surface area (Å²) in [6.07, 6.45) is 3.08. The maximum absolute atomic E-state index is 10.1. The molecule has 7 heteroatoms. The molecule has 0 aliphatic carbocycles. The Morgan fingerprint density at radius 2 is 2.30 bits per heavy atom. The van der Waals surface area contributed by atoms with E-state index in [1.54, 1.807) is 12.3 Å². The number of hydrogen-bond acceptors (Lipinski definition) is 7. The van der Waals surface area contributed by atoms with Crippen LogP contribution in [0.1, 0.15) is 30.5 Å². The minimum Gasteiger partial charge on any atom is -0.464 e. The zero-order valence-electron chi connectivity index (χ0n) is 13.2. The lowest BCUT2D eigenvalue weighted by Crippen LogP contribution is -2.30. The van der Waals surface area contributed by atoms with Gasteiger partial charge in [0.2, 0.25) is 5.95 Å². The van der Waals surface area contributed by atoms with Gasteiger partial charge >= 0.3 is 0 Å². The smallest absolute Gasteiger partial charge is 0.224 e. The van der Waals surface area contributed by atoms with Gasteiger partial charge in [0.05, 0.1) is 19.2 Å². The summed E-state index contributed by atoms with van der Waals surface area (Å²) >= 11 is 0. The number of ether oxygens (including phenoxy) is 1. The predicted molar refractivity (Wildman–Crippen MR) is 86.4 cm³/mol. The largest absolute Gasteiger partial charge is 0.464 e. The first-order valence-corrected chi connectivity index (χ1v) is 7.86. The van der Waals surface area contributed by atoms with Crippen LogP contribution in [-0.2, 0) is 4.74 Å². The van der Waals surface area contributed by atoms with Crippen LogP contribution in [0, 0.1) is 6.92 Å². The number of furan rings is 1. The first-order valence-electron chi connectivity index (χ1n) is 7.86. The zero-order valence-corrected chi connectivity index (χ0v) is 13.2. The Kier molecular flexibility index (Phi) is 5.09. The van der Waals surface area contributed by atoms with Crippen molar-refractivity contribution < 1.29 is 14.3 Å². The molecule has 0 radical (unpaired) electrons. The molecule has 0 amide bonds. The third-order valence-corrected chi connectivity index (χ3v) is 3.71. The van der Waals surface area contributed by atoms with Crippen LogP contribution >= 0.6 is 0 Å². The Balaban J connectivity index is 1.54. The highest BCUT2D eigenvalue weighted by atomic mass is 16.5. The van der Waals surface area contributed by atoms with E-state index < -0.39 is 6.10 Å². The Morgan fingerprint density at radius 3 is 3.04 bits per heavy atom. The quantitative estimate of drug-likeness (QED) is 0.751. The van der Waals surface area contributed by atoms with Crippen LogP contribution in [0.4, 0.5) is 11.8 Å². The first kappa shape index (κ1) is 15.8. The highest BCUT2D eigenvalue weighted by Crippen LogP contribution is 2.17. The molecular formula is C16H22N4O3. The van der Waals surface area contributed by atoms with E-state index in [1.165, 1.54) is 0 Å². The highest BCUT2D eigenvalue weighted by molar-refractivity contribution is 5.40. The molecular weight excluding hydrogens is 296 g/mol. The summed E-state index contributed by atoms with van der Waals surface area (Å²) in [5.41, 5.74) is 0. The minimum atomic E-state index is -0.740. The molecule has 23 heavy (non-hydrogen) atoms. The van der Waals surface area contributed by atoms with Crippen molar-refractivity contribution in [2.45, 2.75) is 31.9 Å². The molecule has 2 aromatic rings. The number of aryl methyl sites for hydroxylation is 1. The van der Waals surface area contributed by atoms with Crippen LogP contribution in [0.3, 0.4) is 0 Å². The number of rotatable bonds is 6. The van der Waals surface area contributed by atoms with Gasteiger partial charge in [-0.05, 0) is 38.0 Å². The van der Waals surface area contributed by atoms with Crippen LogP contribution < -0.4 is 10.6 Å². The molecule has 2 atom stereocenters. The Morgan fingerprint density at radius 1 is 1.39 bits per heavy atom. The van der Waals surface area contributed by atoms with Crippen molar-refractivity contribution in [2.75, 3.05) is 30.4 Å². The average molecular weight is 318 g/mol. The lowest BCUT2D eigenvalue weighted by molar-refractivity contribution is 0.0875. The second-order valence-corrected chi connectivity index (χ2v) is 5.67. The summed E-state index contributed by atoms with van der Waals surface area (Å²) in [7, 11) is 0. The maximum Gasteiger partial charge on any atom is 0.224 e. The molecule has 0 bridgehead atoms. The van der Waals surface area contributed by atoms with Crippen LogP contribution in [0.2, 0.25) is 0 Å². The Hall–Kier alpha value is -2.12. The topological polar surface area (TPSA) is 92.4 Å². The Labute approximate surface area is 135 Å². The molecule has 124 valence electrons. The normalized spacial score (nSPS) is 19.3. The van der Waals surface area contributed by atoms with E-state index in [1.807, 2.05) is 19.1 Å². The van der Waals surface area contributed by atoms with Crippen molar-refractivity contribution in [3.05, 3.63) is 35.9 Å². The predicted octanol–water partition coefficient (Wildman–Crippen LogP) is 2.11. The first-order chi connectivity index (χ1) is 11.2. The van der Waals surface area contributed by atoms with Gasteiger partial charge in [0.15, 0.2) is 0 Å². The fourth-order valence-corrected chi connectivity index (χ4v) is 2.51. The second-order valence-electron chi connectivity index (χ2n) is 5.67. The van der Waals surface area contributed by atoms with Crippen molar-refractivity contribution >= 4 is 11.8 Å². The van der Waals surface area contributed by atoms with Gasteiger partial charge in [0.1, 0.15) is 23.4 Å². The van der Waals surface area contributed by atoms with Gasteiger partial charge in [-0.25, -0.2) is 4.98 Å². The molecule has 0 saturated carbocycles. The zero-order chi connectivity index (χ0) is 16.1. The summed E-state index contributed by atoms with van der Waals surface area (Å²) in [6.45, 7) is 3.65. The summed E-state index contributed by atoms with van der Waals surface area (Å²) in [4.78, 5) is 8.58. The van der Waals surface area contributed by atoms with E-state index in [9.17, 15) is 5.11 Å². The van der Waals surface area contributed by atoms with Crippen molar-refractivity contribution in [3.63, 3.8) is 0 Å².